The van der Waals surface area contributed by atoms with E-state index in [4.69, 9.17) is 15.1 Å². The second-order valence-corrected chi connectivity index (χ2v) is 17.0. The quantitative estimate of drug-likeness (QED) is 0.0987. The van der Waals surface area contributed by atoms with Gasteiger partial charge in [0.05, 0.1) is 17.1 Å². The molecule has 1 aliphatic rings. The number of carbonyl (C=O) groups excluding carboxylic acids is 1. The Balaban J connectivity index is 0.000000786. The van der Waals surface area contributed by atoms with Crippen molar-refractivity contribution in [3.05, 3.63) is 167 Å². The average molecular weight is 862 g/mol. The molecule has 59 heavy (non-hydrogen) atoms. The van der Waals surface area contributed by atoms with E-state index >= 15 is 0 Å². The summed E-state index contributed by atoms with van der Waals surface area (Å²) < 4.78 is 0. The van der Waals surface area contributed by atoms with Gasteiger partial charge in [0.25, 0.3) is 0 Å². The topological polar surface area (TPSA) is 62.0 Å². The predicted molar refractivity (Wildman–Crippen MR) is 256 cm³/mol. The molecule has 1 heterocycles. The van der Waals surface area contributed by atoms with Crippen LogP contribution in [0.5, 0.6) is 0 Å². The van der Waals surface area contributed by atoms with Crippen molar-refractivity contribution in [2.75, 3.05) is 11.5 Å². The zero-order chi connectivity index (χ0) is 40.6. The fourth-order valence-electron chi connectivity index (χ4n) is 6.67. The first-order valence-corrected chi connectivity index (χ1v) is 21.2. The number of hydrogen-bond acceptors (Lipinski definition) is 6. The Hall–Kier alpha value is -4.94. The van der Waals surface area contributed by atoms with Gasteiger partial charge >= 0.3 is 0 Å². The van der Waals surface area contributed by atoms with E-state index in [0.29, 0.717) is 0 Å². The van der Waals surface area contributed by atoms with Gasteiger partial charge in [0.1, 0.15) is 10.1 Å². The summed E-state index contributed by atoms with van der Waals surface area (Å²) >= 11 is 3.62. The maximum absolute atomic E-state index is 10.0. The maximum atomic E-state index is 10.0. The number of benzene rings is 6. The number of hydrogen-bond donors (Lipinski definition) is 1. The van der Waals surface area contributed by atoms with Gasteiger partial charge in [0, 0.05) is 56.3 Å². The number of aliphatic hydroxyl groups excluding tert-OH is 1. The van der Waals surface area contributed by atoms with Crippen molar-refractivity contribution < 1.29 is 26.4 Å². The number of carbonyl (C=O) groups is 1. The number of ketones is 1. The Kier molecular flexibility index (Phi) is 16.9. The van der Waals surface area contributed by atoms with Crippen molar-refractivity contribution in [1.82, 2.24) is 0 Å². The third-order valence-electron chi connectivity index (χ3n) is 9.54. The molecule has 306 valence electrons. The van der Waals surface area contributed by atoms with Crippen LogP contribution in [0.3, 0.4) is 0 Å². The molecule has 1 aliphatic heterocycles. The summed E-state index contributed by atoms with van der Waals surface area (Å²) in [5, 5.41) is 10.3. The van der Waals surface area contributed by atoms with Crippen LogP contribution in [0.4, 0.5) is 11.4 Å². The number of allylic oxidation sites excluding steroid dienone is 2. The molecule has 0 amide bonds. The number of aliphatic hydroxyl groups is 1. The molecule has 0 aromatic heterocycles. The van der Waals surface area contributed by atoms with Crippen molar-refractivity contribution in [1.29, 1.82) is 0 Å². The molecule has 0 atom stereocenters. The molecule has 6 aromatic rings. The molecule has 0 bridgehead atoms. The van der Waals surface area contributed by atoms with Gasteiger partial charge in [-0.3, -0.25) is 4.79 Å². The fourth-order valence-corrected chi connectivity index (χ4v) is 8.73. The van der Waals surface area contributed by atoms with Crippen molar-refractivity contribution in [2.24, 2.45) is 9.98 Å². The largest absolute Gasteiger partial charge is 0.512 e. The summed E-state index contributed by atoms with van der Waals surface area (Å²) in [6.07, 6.45) is 1.17. The Morgan fingerprint density at radius 2 is 0.746 bits per heavy atom. The molecule has 0 spiro atoms. The Bertz CT molecular complexity index is 2180. The molecule has 1 saturated heterocycles. The van der Waals surface area contributed by atoms with Gasteiger partial charge in [-0.1, -0.05) is 127 Å². The molecule has 1 N–H and O–H groups in total. The summed E-state index contributed by atoms with van der Waals surface area (Å²) in [6, 6.07) is 44.4. The zero-order valence-corrected chi connectivity index (χ0v) is 37.0. The van der Waals surface area contributed by atoms with E-state index in [-0.39, 0.29) is 35.5 Å². The number of aryl methyl sites for hydroxylation is 6. The third-order valence-corrected chi connectivity index (χ3v) is 11.9. The van der Waals surface area contributed by atoms with Crippen LogP contribution in [0, 0.1) is 41.5 Å². The minimum Gasteiger partial charge on any atom is -0.512 e. The van der Waals surface area contributed by atoms with Gasteiger partial charge in [0.2, 0.25) is 0 Å². The summed E-state index contributed by atoms with van der Waals surface area (Å²) in [5.41, 5.74) is 18.6. The number of nitrogens with zero attached hydrogens (tertiary/aromatic N) is 2. The average Bonchev–Trinajstić information content (AvgIpc) is 3.17. The fraction of sp³-hybridized carbons (Fsp3) is 0.212. The van der Waals surface area contributed by atoms with Crippen LogP contribution in [0.2, 0.25) is 0 Å². The molecule has 7 rings (SSSR count). The van der Waals surface area contributed by atoms with Crippen LogP contribution in [0.25, 0.3) is 44.5 Å². The molecule has 0 unspecified atom stereocenters. The van der Waals surface area contributed by atoms with Gasteiger partial charge in [-0.2, -0.15) is 0 Å². The first-order valence-electron chi connectivity index (χ1n) is 19.2. The first-order chi connectivity index (χ1) is 27.3. The predicted octanol–water partition coefficient (Wildman–Crippen LogP) is 15.1. The molecule has 0 aliphatic carbocycles. The molecule has 4 nitrogen and oxygen atoms in total. The first kappa shape index (κ1) is 46.7. The summed E-state index contributed by atoms with van der Waals surface area (Å²) in [4.78, 5) is 21.2. The normalized spacial score (nSPS) is 13.9. The van der Waals surface area contributed by atoms with E-state index in [9.17, 15) is 4.79 Å². The molecular formula is C52H54N2NiO2S2. The molecule has 6 aromatic carbocycles. The second kappa shape index (κ2) is 21.4. The van der Waals surface area contributed by atoms with Crippen LogP contribution in [-0.4, -0.2) is 32.5 Å². The molecule has 7 heteroatoms. The van der Waals surface area contributed by atoms with Gasteiger partial charge < -0.3 is 5.11 Å². The van der Waals surface area contributed by atoms with Crippen LogP contribution < -0.4 is 0 Å². The molecule has 1 fully saturated rings. The van der Waals surface area contributed by atoms with Gasteiger partial charge in [0.15, 0.2) is 5.78 Å². The summed E-state index contributed by atoms with van der Waals surface area (Å²) in [7, 11) is 0. The van der Waals surface area contributed by atoms with Gasteiger partial charge in [-0.15, -0.1) is 23.5 Å². The maximum Gasteiger partial charge on any atom is 0.155 e. The van der Waals surface area contributed by atoms with Crippen LogP contribution in [0.1, 0.15) is 54.7 Å². The molecular weight excluding hydrogens is 807 g/mol. The standard InChI is InChI=1S/C46H42N2S2.C5H8O2.CH4.Ni/c1-29-7-15-35(16-8-29)39-25-33(5)26-40(36-17-9-30(2)10-18-36)43(39)47-45-46(50-24-23-49-45)48-44-41(37-19-11-31(3)12-20-37)27-34(6)28-42(44)38-21-13-32(4)14-22-38;1-4(6)3-5(2)7;;/h7-22,25-28H,23-24H2,1-6H3;3,6H,1-2H3;1H4;. The minimum atomic E-state index is -0.125. The smallest absolute Gasteiger partial charge is 0.155 e. The van der Waals surface area contributed by atoms with Gasteiger partial charge in [-0.25, -0.2) is 9.98 Å². The SMILES string of the molecule is C.CC(=O)C=C(C)O.Cc1ccc(-c2cc(C)cc(-c3ccc(C)cc3)c2N=C2SCCSC2=Nc2c(-c3ccc(C)cc3)cc(C)cc2-c2ccc(C)cc2)cc1.[Ni]. The van der Waals surface area contributed by atoms with E-state index in [1.807, 2.05) is 23.5 Å². The number of rotatable bonds is 7. The van der Waals surface area contributed by atoms with Crippen molar-refractivity contribution >= 4 is 50.8 Å². The molecule has 0 saturated carbocycles. The van der Waals surface area contributed by atoms with E-state index in [2.05, 4.69) is 163 Å². The van der Waals surface area contributed by atoms with Crippen molar-refractivity contribution in [3.63, 3.8) is 0 Å². The van der Waals surface area contributed by atoms with Crippen molar-refractivity contribution in [2.45, 2.75) is 62.8 Å². The Morgan fingerprint density at radius 3 is 0.949 bits per heavy atom. The number of thioether (sulfide) groups is 2. The Morgan fingerprint density at radius 1 is 0.492 bits per heavy atom. The minimum absolute atomic E-state index is 0. The second-order valence-electron chi connectivity index (χ2n) is 14.8. The zero-order valence-electron chi connectivity index (χ0n) is 34.4. The summed E-state index contributed by atoms with van der Waals surface area (Å²) in [6.45, 7) is 15.8. The Labute approximate surface area is 370 Å². The van der Waals surface area contributed by atoms with E-state index < -0.39 is 0 Å². The molecule has 0 radical (unpaired) electrons. The van der Waals surface area contributed by atoms with Gasteiger partial charge in [-0.05, 0) is 113 Å². The van der Waals surface area contributed by atoms with E-state index in [0.717, 1.165) is 55.2 Å². The monoisotopic (exact) mass is 860 g/mol. The third kappa shape index (κ3) is 12.3. The van der Waals surface area contributed by atoms with Crippen LogP contribution >= 0.6 is 23.5 Å². The van der Waals surface area contributed by atoms with Crippen LogP contribution in [0.15, 0.2) is 143 Å². The van der Waals surface area contributed by atoms with E-state index in [1.165, 1.54) is 75.6 Å². The summed E-state index contributed by atoms with van der Waals surface area (Å²) in [5.74, 6) is 1.91. The van der Waals surface area contributed by atoms with E-state index in [1.54, 1.807) is 0 Å². The number of aliphatic imine (C=N–C) groups is 2. The van der Waals surface area contributed by atoms with Crippen LogP contribution in [-0.2, 0) is 21.3 Å². The van der Waals surface area contributed by atoms with Crippen molar-refractivity contribution in [3.8, 4) is 44.5 Å².